The smallest absolute Gasteiger partial charge is 0.318 e. The Balaban J connectivity index is 3.07. The first-order chi connectivity index (χ1) is 11.6. The largest absolute Gasteiger partial charge is 0.463 e. The van der Waals surface area contributed by atoms with Crippen molar-refractivity contribution in [3.05, 3.63) is 0 Å². The highest BCUT2D eigenvalue weighted by molar-refractivity contribution is 6.78. The molecule has 3 atom stereocenters. The van der Waals surface area contributed by atoms with Crippen LogP contribution in [0.1, 0.15) is 27.2 Å². The Kier molecular flexibility index (Phi) is 7.07. The third kappa shape index (κ3) is 5.77. The molecule has 1 fully saturated rings. The third-order valence-corrected chi connectivity index (χ3v) is 8.53. The molecule has 0 bridgehead atoms. The number of carbonyl (C=O) groups is 3. The van der Waals surface area contributed by atoms with Crippen LogP contribution < -0.4 is 0 Å². The van der Waals surface area contributed by atoms with Crippen molar-refractivity contribution in [1.82, 2.24) is 0 Å². The van der Waals surface area contributed by atoms with E-state index in [1.54, 1.807) is 13.8 Å². The first kappa shape index (κ1) is 23.1. The van der Waals surface area contributed by atoms with E-state index in [2.05, 4.69) is 39.3 Å². The van der Waals surface area contributed by atoms with E-state index < -0.39 is 45.3 Å². The van der Waals surface area contributed by atoms with Crippen molar-refractivity contribution in [2.45, 2.75) is 84.7 Å². The molecule has 26 heavy (non-hydrogen) atoms. The number of ether oxygens (including phenoxy) is 2. The van der Waals surface area contributed by atoms with Crippen molar-refractivity contribution in [1.29, 1.82) is 0 Å². The molecule has 1 heterocycles. The molecule has 0 radical (unpaired) electrons. The van der Waals surface area contributed by atoms with Crippen LogP contribution in [0, 0.1) is 17.3 Å². The van der Waals surface area contributed by atoms with E-state index in [9.17, 15) is 14.4 Å². The van der Waals surface area contributed by atoms with Crippen LogP contribution in [0.5, 0.6) is 0 Å². The van der Waals surface area contributed by atoms with E-state index in [0.29, 0.717) is 6.42 Å². The number of hydrogen-bond acceptors (Lipinski definition) is 5. The Hall–Kier alpha value is -0.956. The van der Waals surface area contributed by atoms with E-state index in [4.69, 9.17) is 9.47 Å². The van der Waals surface area contributed by atoms with E-state index in [-0.39, 0.29) is 12.1 Å². The average Bonchev–Trinajstić information content (AvgIpc) is 2.67. The van der Waals surface area contributed by atoms with Gasteiger partial charge in [-0.1, -0.05) is 53.1 Å². The Bertz CT molecular complexity index is 545. The summed E-state index contributed by atoms with van der Waals surface area (Å²) in [5.41, 5.74) is -1.04. The van der Waals surface area contributed by atoms with Gasteiger partial charge in [0.25, 0.3) is 0 Å². The van der Waals surface area contributed by atoms with E-state index in [0.717, 1.165) is 12.1 Å². The van der Waals surface area contributed by atoms with Crippen LogP contribution in [0.4, 0.5) is 0 Å². The molecule has 0 spiro atoms. The van der Waals surface area contributed by atoms with Gasteiger partial charge in [-0.3, -0.25) is 14.4 Å². The zero-order valence-corrected chi connectivity index (χ0v) is 19.9. The summed E-state index contributed by atoms with van der Waals surface area (Å²) in [6.07, 6.45) is 0.311. The van der Waals surface area contributed by atoms with Gasteiger partial charge < -0.3 is 9.47 Å². The molecule has 1 aliphatic rings. The van der Waals surface area contributed by atoms with Crippen molar-refractivity contribution in [3.8, 4) is 0 Å². The Labute approximate surface area is 160 Å². The van der Waals surface area contributed by atoms with Gasteiger partial charge >= 0.3 is 17.9 Å². The van der Waals surface area contributed by atoms with Gasteiger partial charge in [-0.05, 0) is 25.4 Å². The van der Waals surface area contributed by atoms with E-state index in [1.807, 2.05) is 6.92 Å². The minimum Gasteiger partial charge on any atom is -0.463 e. The topological polar surface area (TPSA) is 69.7 Å². The Morgan fingerprint density at radius 3 is 1.85 bits per heavy atom. The maximum absolute atomic E-state index is 13.2. The maximum atomic E-state index is 13.2. The lowest BCUT2D eigenvalue weighted by Gasteiger charge is -2.35. The maximum Gasteiger partial charge on any atom is 0.318 e. The molecule has 1 rings (SSSR count). The highest BCUT2D eigenvalue weighted by Crippen LogP contribution is 2.43. The molecule has 0 aromatic rings. The second kappa shape index (κ2) is 7.96. The summed E-state index contributed by atoms with van der Waals surface area (Å²) in [6.45, 7) is 18.9. The second-order valence-corrected chi connectivity index (χ2v) is 21.4. The predicted octanol–water partition coefficient (Wildman–Crippen LogP) is 4.33. The quantitative estimate of drug-likeness (QED) is 0.345. The SMILES string of the molecule is CCC(C)(C(=O)OC(C[Si](C)(C)C)C[Si](C)(C)C)C1C(=O)OC(=O)C1C. The third-order valence-electron chi connectivity index (χ3n) is 5.17. The second-order valence-electron chi connectivity index (χ2n) is 10.3. The van der Waals surface area contributed by atoms with Crippen LogP contribution in [-0.4, -0.2) is 40.2 Å². The fourth-order valence-corrected chi connectivity index (χ4v) is 7.18. The van der Waals surface area contributed by atoms with Crippen LogP contribution in [-0.2, 0) is 23.9 Å². The lowest BCUT2D eigenvalue weighted by Crippen LogP contribution is -2.45. The van der Waals surface area contributed by atoms with Gasteiger partial charge in [-0.15, -0.1) is 0 Å². The molecule has 0 amide bonds. The number of cyclic esters (lactones) is 2. The van der Waals surface area contributed by atoms with Crippen molar-refractivity contribution in [2.24, 2.45) is 17.3 Å². The highest BCUT2D eigenvalue weighted by atomic mass is 28.3. The minimum absolute atomic E-state index is 0.116. The summed E-state index contributed by atoms with van der Waals surface area (Å²) in [5.74, 6) is -2.91. The summed E-state index contributed by atoms with van der Waals surface area (Å²) < 4.78 is 10.8. The van der Waals surface area contributed by atoms with E-state index in [1.165, 1.54) is 0 Å². The fraction of sp³-hybridized carbons (Fsp3) is 0.842. The van der Waals surface area contributed by atoms with Crippen LogP contribution >= 0.6 is 0 Å². The van der Waals surface area contributed by atoms with Gasteiger partial charge in [0, 0.05) is 16.1 Å². The number of hydrogen-bond donors (Lipinski definition) is 0. The average molecular weight is 401 g/mol. The monoisotopic (exact) mass is 400 g/mol. The standard InChI is InChI=1S/C19H36O5Si2/c1-10-19(3,15-13(2)16(20)24-17(15)21)18(22)23-14(11-25(4,5)6)12-26(7,8)9/h13-15H,10-12H2,1-9H3. The molecule has 1 aliphatic heterocycles. The lowest BCUT2D eigenvalue weighted by atomic mass is 9.70. The molecule has 7 heteroatoms. The molecule has 150 valence electrons. The van der Waals surface area contributed by atoms with Gasteiger partial charge in [0.05, 0.1) is 23.4 Å². The number of carbonyl (C=O) groups excluding carboxylic acids is 3. The zero-order chi connectivity index (χ0) is 20.5. The van der Waals surface area contributed by atoms with Gasteiger partial charge in [-0.25, -0.2) is 0 Å². The van der Waals surface area contributed by atoms with Gasteiger partial charge in [0.1, 0.15) is 0 Å². The summed E-state index contributed by atoms with van der Waals surface area (Å²) in [6, 6.07) is 1.82. The summed E-state index contributed by atoms with van der Waals surface area (Å²) in [4.78, 5) is 37.2. The summed E-state index contributed by atoms with van der Waals surface area (Å²) >= 11 is 0. The van der Waals surface area contributed by atoms with Crippen molar-refractivity contribution >= 4 is 34.1 Å². The van der Waals surface area contributed by atoms with Crippen molar-refractivity contribution in [2.75, 3.05) is 0 Å². The van der Waals surface area contributed by atoms with Crippen LogP contribution in [0.2, 0.25) is 51.4 Å². The zero-order valence-electron chi connectivity index (χ0n) is 17.9. The highest BCUT2D eigenvalue weighted by Gasteiger charge is 2.55. The predicted molar refractivity (Wildman–Crippen MR) is 108 cm³/mol. The van der Waals surface area contributed by atoms with Crippen LogP contribution in [0.25, 0.3) is 0 Å². The molecule has 0 saturated carbocycles. The Morgan fingerprint density at radius 2 is 1.54 bits per heavy atom. The molecule has 0 aromatic heterocycles. The van der Waals surface area contributed by atoms with Crippen molar-refractivity contribution in [3.63, 3.8) is 0 Å². The lowest BCUT2D eigenvalue weighted by molar-refractivity contribution is -0.168. The van der Waals surface area contributed by atoms with Crippen LogP contribution in [0.15, 0.2) is 0 Å². The molecular weight excluding hydrogens is 364 g/mol. The molecular formula is C19H36O5Si2. The molecule has 0 N–H and O–H groups in total. The van der Waals surface area contributed by atoms with Gasteiger partial charge in [0.2, 0.25) is 0 Å². The number of esters is 3. The minimum atomic E-state index is -1.43. The fourth-order valence-electron chi connectivity index (χ4n) is 3.71. The van der Waals surface area contributed by atoms with E-state index >= 15 is 0 Å². The van der Waals surface area contributed by atoms with Crippen LogP contribution in [0.3, 0.4) is 0 Å². The molecule has 0 aliphatic carbocycles. The molecule has 3 unspecified atom stereocenters. The molecule has 0 aromatic carbocycles. The van der Waals surface area contributed by atoms with Crippen molar-refractivity contribution < 1.29 is 23.9 Å². The summed E-state index contributed by atoms with van der Waals surface area (Å²) in [5, 5.41) is 0. The van der Waals surface area contributed by atoms with Gasteiger partial charge in [0.15, 0.2) is 0 Å². The normalized spacial score (nSPS) is 23.8. The first-order valence-electron chi connectivity index (χ1n) is 9.57. The Morgan fingerprint density at radius 1 is 1.08 bits per heavy atom. The molecule has 5 nitrogen and oxygen atoms in total. The van der Waals surface area contributed by atoms with Gasteiger partial charge in [-0.2, -0.15) is 0 Å². The first-order valence-corrected chi connectivity index (χ1v) is 17.0. The number of rotatable bonds is 8. The summed E-state index contributed by atoms with van der Waals surface area (Å²) in [7, 11) is -2.85. The molecule has 1 saturated heterocycles.